The van der Waals surface area contributed by atoms with E-state index in [0.717, 1.165) is 57.7 Å². The molecule has 6 heterocycles. The number of aromatic carboxylic acids is 3. The van der Waals surface area contributed by atoms with Gasteiger partial charge in [0.05, 0.1) is 78.0 Å². The maximum absolute atomic E-state index is 15.6. The standard InChI is InChI=1S/C28H30FN3O5.C26H26FN3O4.C17H18FN3O3.C9H8O.3C5H8O3/c1-17-15-31(13-12-30(17)11-10-23(33)18-6-4-3-5-7-18)25-22(29)14-20-24(27(25)37-2)32(19-8-9-19)16-21(26(20)34)28(35)36;27-21-14-19-22(30(18-6-7-18)16-20(25(19)32)26(33)34)15-23(21)29-12-10-28(11-13-29)9-8-24(31)17-4-2-1-3-5-17;18-13-7-11-14(8-15(13)20-5-3-19-4-6-20)21(10-1-2-10)9-12(16(11)22)17(23)24;1-2-9(10)8-6-4-3-5-7-8;3*1-8-4-5(2-6)3-7/h3-7,14,16-17,19H,8-13,15H2,1-2H3,(H,35,36);1-5,14-16,18H,6-13H2,(H,33,34);7-10,19H,1-6H2,(H,23,24);2-7H,1H2;3*2-3,5H,4H2,1H3. The molecule has 3 aliphatic heterocycles. The molecule has 0 spiro atoms. The van der Waals surface area contributed by atoms with Gasteiger partial charge in [0.2, 0.25) is 16.3 Å². The van der Waals surface area contributed by atoms with Crippen molar-refractivity contribution in [2.45, 2.75) is 82.5 Å². The first-order valence-electron chi connectivity index (χ1n) is 42.1. The van der Waals surface area contributed by atoms with Crippen LogP contribution in [-0.2, 0) is 43.0 Å². The highest BCUT2D eigenvalue weighted by Crippen LogP contribution is 2.45. The Morgan fingerprint density at radius 1 is 0.465 bits per heavy atom. The molecule has 31 nitrogen and oxygen atoms in total. The van der Waals surface area contributed by atoms with Crippen molar-refractivity contribution in [3.63, 3.8) is 0 Å². The maximum Gasteiger partial charge on any atom is 0.341 e. The lowest BCUT2D eigenvalue weighted by Gasteiger charge is -2.41. The molecule has 3 saturated carbocycles. The number of halogens is 3. The minimum Gasteiger partial charge on any atom is -0.492 e. The first kappa shape index (κ1) is 99.7. The Bertz CT molecular complexity index is 5600. The summed E-state index contributed by atoms with van der Waals surface area (Å²) >= 11 is 0. The molecule has 6 aliphatic rings. The van der Waals surface area contributed by atoms with Crippen LogP contribution in [0.3, 0.4) is 0 Å². The normalized spacial score (nSPS) is 15.4. The van der Waals surface area contributed by atoms with Gasteiger partial charge in [-0.1, -0.05) is 97.6 Å². The number of carbonyl (C=O) groups excluding carboxylic acids is 9. The van der Waals surface area contributed by atoms with Crippen LogP contribution >= 0.6 is 0 Å². The van der Waals surface area contributed by atoms with Gasteiger partial charge >= 0.3 is 17.9 Å². The molecule has 9 aromatic rings. The SMILES string of the molecule is C=CC(=O)c1ccccc1.COCC(C=O)C=O.COCC(C=O)C=O.COCC(C=O)C=O.COc1c(N2CCN(CCC(=O)c3ccccc3)C(C)C2)c(F)cc2c(=O)c(C(=O)O)cn(C3CC3)c12.O=C(CCN1CCN(c2cc3c(cc2F)c(=O)c(C(=O)O)cn3C2CC2)CC1)c1ccccc1.O=C(O)c1cn(C2CC2)c2cc(N3CCNCC3)c(F)cc2c1=O. The summed E-state index contributed by atoms with van der Waals surface area (Å²) in [6, 6.07) is 34.9. The predicted molar refractivity (Wildman–Crippen MR) is 478 cm³/mol. The topological polar surface area (TPSA) is 397 Å². The summed E-state index contributed by atoms with van der Waals surface area (Å²) in [7, 11) is 5.78. The molecule has 129 heavy (non-hydrogen) atoms. The number of nitrogens with zero attached hydrogens (tertiary/aromatic N) is 8. The second-order valence-corrected chi connectivity index (χ2v) is 31.3. The number of rotatable bonds is 32. The highest BCUT2D eigenvalue weighted by molar-refractivity contribution is 6.04. The Morgan fingerprint density at radius 2 is 0.829 bits per heavy atom. The van der Waals surface area contributed by atoms with Gasteiger partial charge in [0, 0.05) is 189 Å². The Kier molecular flexibility index (Phi) is 37.6. The number of carboxylic acids is 3. The van der Waals surface area contributed by atoms with Gasteiger partial charge in [-0.3, -0.25) is 38.6 Å². The van der Waals surface area contributed by atoms with Crippen molar-refractivity contribution in [1.82, 2.24) is 28.8 Å². The first-order valence-corrected chi connectivity index (χ1v) is 42.1. The number of aromatic nitrogens is 3. The Hall–Kier alpha value is -13.1. The van der Waals surface area contributed by atoms with Crippen molar-refractivity contribution in [2.75, 3.05) is 148 Å². The second kappa shape index (κ2) is 48.7. The summed E-state index contributed by atoms with van der Waals surface area (Å²) in [6.45, 7) is 14.5. The fraction of sp³-hybridized carbons (Fsp3) is 0.379. The number of ether oxygens (including phenoxy) is 4. The van der Waals surface area contributed by atoms with Crippen LogP contribution in [0, 0.1) is 35.2 Å². The van der Waals surface area contributed by atoms with E-state index in [2.05, 4.69) is 35.9 Å². The smallest absolute Gasteiger partial charge is 0.341 e. The number of nitrogens with one attached hydrogen (secondary N) is 1. The first-order chi connectivity index (χ1) is 62.2. The number of Topliss-reactive ketones (excluding diaryl/α,β-unsaturated/α-hetero) is 2. The fourth-order valence-electron chi connectivity index (χ4n) is 14.9. The summed E-state index contributed by atoms with van der Waals surface area (Å²) in [5, 5.41) is 31.7. The quantitative estimate of drug-likeness (QED) is 0.0132. The van der Waals surface area contributed by atoms with Gasteiger partial charge in [0.25, 0.3) is 0 Å². The lowest BCUT2D eigenvalue weighted by molar-refractivity contribution is -0.122. The van der Waals surface area contributed by atoms with E-state index < -0.39 is 69.4 Å². The number of hydrogen-bond donors (Lipinski definition) is 4. The number of aldehydes is 6. The van der Waals surface area contributed by atoms with Gasteiger partial charge in [0.15, 0.2) is 28.9 Å². The summed E-state index contributed by atoms with van der Waals surface area (Å²) in [5.74, 6) is -6.86. The van der Waals surface area contributed by atoms with Crippen molar-refractivity contribution in [2.24, 2.45) is 17.8 Å². The number of pyridine rings is 3. The molecule has 6 fully saturated rings. The third-order valence-electron chi connectivity index (χ3n) is 22.2. The van der Waals surface area contributed by atoms with Crippen molar-refractivity contribution in [3.8, 4) is 5.75 Å². The predicted octanol–water partition coefficient (Wildman–Crippen LogP) is 10.1. The number of allylic oxidation sites excluding steroid dienone is 1. The molecule has 0 bridgehead atoms. The molecule has 0 radical (unpaired) electrons. The summed E-state index contributed by atoms with van der Waals surface area (Å²) in [6.07, 6.45) is 15.1. The summed E-state index contributed by atoms with van der Waals surface area (Å²) < 4.78 is 70.0. The molecule has 0 amide bonds. The average molecular weight is 1780 g/mol. The number of ketones is 3. The van der Waals surface area contributed by atoms with Crippen molar-refractivity contribution in [3.05, 3.63) is 234 Å². The highest BCUT2D eigenvalue weighted by Gasteiger charge is 2.36. The summed E-state index contributed by atoms with van der Waals surface area (Å²) in [5.41, 5.74) is 1.89. The molecule has 3 aliphatic carbocycles. The van der Waals surface area contributed by atoms with E-state index in [1.54, 1.807) is 28.8 Å². The number of piperazine rings is 3. The Balaban J connectivity index is 0.000000186. The number of methoxy groups -OCH3 is 4. The molecule has 6 aromatic carbocycles. The van der Waals surface area contributed by atoms with Gasteiger partial charge in [-0.2, -0.15) is 0 Å². The van der Waals surface area contributed by atoms with Gasteiger partial charge < -0.3 is 96.8 Å². The number of benzene rings is 6. The van der Waals surface area contributed by atoms with Gasteiger partial charge in [0.1, 0.15) is 71.7 Å². The molecule has 1 atom stereocenters. The Morgan fingerprint density at radius 3 is 1.19 bits per heavy atom. The van der Waals surface area contributed by atoms with Crippen LogP contribution in [0.4, 0.5) is 30.2 Å². The van der Waals surface area contributed by atoms with Crippen LogP contribution < -0.4 is 41.0 Å². The van der Waals surface area contributed by atoms with Gasteiger partial charge in [-0.05, 0) is 81.9 Å². The highest BCUT2D eigenvalue weighted by atomic mass is 19.1. The molecule has 15 rings (SSSR count). The number of hydrogen-bond acceptors (Lipinski definition) is 25. The zero-order valence-electron chi connectivity index (χ0n) is 72.3. The minimum atomic E-state index is -1.33. The minimum absolute atomic E-state index is 0.0102. The van der Waals surface area contributed by atoms with Crippen LogP contribution in [0.15, 0.2) is 167 Å². The van der Waals surface area contributed by atoms with E-state index in [4.69, 9.17) is 4.74 Å². The molecular formula is C95H106F3N9O22. The van der Waals surface area contributed by atoms with Gasteiger partial charge in [-0.25, -0.2) is 27.6 Å². The van der Waals surface area contributed by atoms with Crippen molar-refractivity contribution >= 4 is 123 Å². The molecule has 3 aromatic heterocycles. The summed E-state index contributed by atoms with van der Waals surface area (Å²) in [4.78, 5) is 178. The largest absolute Gasteiger partial charge is 0.492 e. The second-order valence-electron chi connectivity index (χ2n) is 31.3. The molecule has 3 saturated heterocycles. The van der Waals surface area contributed by atoms with Crippen LogP contribution in [0.2, 0.25) is 0 Å². The molecule has 684 valence electrons. The molecule has 4 N–H and O–H groups in total. The third-order valence-corrected chi connectivity index (χ3v) is 22.2. The van der Waals surface area contributed by atoms with Crippen molar-refractivity contribution < 1.29 is 105 Å². The monoisotopic (exact) mass is 1780 g/mol. The number of anilines is 3. The Labute approximate surface area is 741 Å². The molecule has 34 heteroatoms. The van der Waals surface area contributed by atoms with E-state index in [1.807, 2.05) is 110 Å². The number of carbonyl (C=O) groups is 12. The number of carboxylic acid groups (broad SMARTS) is 3. The van der Waals surface area contributed by atoms with Crippen LogP contribution in [0.1, 0.15) is 139 Å². The van der Waals surface area contributed by atoms with E-state index in [1.165, 1.54) is 65.2 Å². The van der Waals surface area contributed by atoms with E-state index in [9.17, 15) is 91.6 Å². The van der Waals surface area contributed by atoms with Crippen LogP contribution in [-0.4, -0.2) is 251 Å². The third kappa shape index (κ3) is 26.8. The molecular weight excluding hydrogens is 1680 g/mol. The zero-order valence-corrected chi connectivity index (χ0v) is 72.3. The van der Waals surface area contributed by atoms with Crippen LogP contribution in [0.25, 0.3) is 32.7 Å². The zero-order chi connectivity index (χ0) is 93.5. The van der Waals surface area contributed by atoms with E-state index in [0.29, 0.717) is 167 Å². The fourth-order valence-corrected chi connectivity index (χ4v) is 14.9. The molecule has 1 unspecified atom stereocenters. The lowest BCUT2D eigenvalue weighted by Crippen LogP contribution is -2.52. The number of fused-ring (bicyclic) bond motifs is 3. The van der Waals surface area contributed by atoms with Gasteiger partial charge in [-0.15, -0.1) is 0 Å². The lowest BCUT2D eigenvalue weighted by atomic mass is 10.1. The van der Waals surface area contributed by atoms with E-state index in [-0.39, 0.29) is 106 Å². The average Bonchev–Trinajstić information content (AvgIpc) is 1.69. The van der Waals surface area contributed by atoms with E-state index >= 15 is 8.78 Å². The van der Waals surface area contributed by atoms with Crippen molar-refractivity contribution in [1.29, 1.82) is 0 Å². The van der Waals surface area contributed by atoms with Crippen LogP contribution in [0.5, 0.6) is 5.75 Å². The maximum atomic E-state index is 15.6.